The van der Waals surface area contributed by atoms with Crippen molar-refractivity contribution < 1.29 is 19.4 Å². The standard InChI is InChI=1S/C13H17NO4S/c1-8(12(6-15)19-2)14-13(16)9-3-4-10-11(5-9)18-7-17-10/h3-5,8,12,15H,6-7H2,1-2H3,(H,14,16). The Hall–Kier alpha value is -1.40. The van der Waals surface area contributed by atoms with Crippen LogP contribution in [0.4, 0.5) is 0 Å². The van der Waals surface area contributed by atoms with Crippen molar-refractivity contribution in [2.24, 2.45) is 0 Å². The Balaban J connectivity index is 2.04. The van der Waals surface area contributed by atoms with Crippen LogP contribution in [0.25, 0.3) is 0 Å². The van der Waals surface area contributed by atoms with Gasteiger partial charge >= 0.3 is 0 Å². The monoisotopic (exact) mass is 283 g/mol. The van der Waals surface area contributed by atoms with Gasteiger partial charge in [0.25, 0.3) is 5.91 Å². The predicted octanol–water partition coefficient (Wildman–Crippen LogP) is 1.26. The quantitative estimate of drug-likeness (QED) is 0.851. The van der Waals surface area contributed by atoms with Gasteiger partial charge < -0.3 is 19.9 Å². The van der Waals surface area contributed by atoms with Crippen LogP contribution < -0.4 is 14.8 Å². The first-order chi connectivity index (χ1) is 9.15. The number of thioether (sulfide) groups is 1. The second-order valence-corrected chi connectivity index (χ2v) is 5.36. The van der Waals surface area contributed by atoms with E-state index in [4.69, 9.17) is 9.47 Å². The fourth-order valence-electron chi connectivity index (χ4n) is 1.86. The fourth-order valence-corrected chi connectivity index (χ4v) is 2.48. The highest BCUT2D eigenvalue weighted by molar-refractivity contribution is 7.99. The van der Waals surface area contributed by atoms with E-state index in [1.807, 2.05) is 13.2 Å². The molecule has 2 rings (SSSR count). The van der Waals surface area contributed by atoms with Crippen LogP contribution in [-0.2, 0) is 0 Å². The lowest BCUT2D eigenvalue weighted by Crippen LogP contribution is -2.41. The van der Waals surface area contributed by atoms with Crippen molar-refractivity contribution in [3.8, 4) is 11.5 Å². The van der Waals surface area contributed by atoms with Crippen LogP contribution in [0, 0.1) is 0 Å². The van der Waals surface area contributed by atoms with Gasteiger partial charge in [-0.1, -0.05) is 0 Å². The largest absolute Gasteiger partial charge is 0.454 e. The number of aliphatic hydroxyl groups is 1. The summed E-state index contributed by atoms with van der Waals surface area (Å²) in [4.78, 5) is 12.1. The molecule has 0 saturated heterocycles. The van der Waals surface area contributed by atoms with E-state index in [2.05, 4.69) is 5.32 Å². The molecule has 0 aromatic heterocycles. The number of rotatable bonds is 5. The predicted molar refractivity (Wildman–Crippen MR) is 73.9 cm³/mol. The molecule has 1 amide bonds. The number of ether oxygens (including phenoxy) is 2. The molecule has 1 aliphatic heterocycles. The van der Waals surface area contributed by atoms with E-state index in [0.717, 1.165) is 0 Å². The molecular formula is C13H17NO4S. The zero-order chi connectivity index (χ0) is 13.8. The Labute approximate surface area is 116 Å². The van der Waals surface area contributed by atoms with Crippen molar-refractivity contribution in [1.29, 1.82) is 0 Å². The van der Waals surface area contributed by atoms with Crippen LogP contribution >= 0.6 is 11.8 Å². The molecule has 0 spiro atoms. The molecule has 5 nitrogen and oxygen atoms in total. The topological polar surface area (TPSA) is 67.8 Å². The van der Waals surface area contributed by atoms with E-state index in [-0.39, 0.29) is 30.6 Å². The first kappa shape index (κ1) is 14.0. The minimum Gasteiger partial charge on any atom is -0.454 e. The zero-order valence-corrected chi connectivity index (χ0v) is 11.7. The molecule has 2 unspecified atom stereocenters. The smallest absolute Gasteiger partial charge is 0.251 e. The van der Waals surface area contributed by atoms with Crippen LogP contribution in [0.5, 0.6) is 11.5 Å². The number of carbonyl (C=O) groups excluding carboxylic acids is 1. The third kappa shape index (κ3) is 3.13. The third-order valence-electron chi connectivity index (χ3n) is 3.03. The number of nitrogens with one attached hydrogen (secondary N) is 1. The van der Waals surface area contributed by atoms with E-state index in [1.165, 1.54) is 11.8 Å². The van der Waals surface area contributed by atoms with Crippen LogP contribution in [0.2, 0.25) is 0 Å². The molecule has 6 heteroatoms. The van der Waals surface area contributed by atoms with Crippen molar-refractivity contribution in [2.45, 2.75) is 18.2 Å². The Bertz CT molecular complexity index is 462. The fraction of sp³-hybridized carbons (Fsp3) is 0.462. The Morgan fingerprint density at radius 3 is 2.89 bits per heavy atom. The third-order valence-corrected chi connectivity index (χ3v) is 4.20. The van der Waals surface area contributed by atoms with Gasteiger partial charge in [0.15, 0.2) is 11.5 Å². The highest BCUT2D eigenvalue weighted by atomic mass is 32.2. The molecule has 104 valence electrons. The number of aliphatic hydroxyl groups excluding tert-OH is 1. The van der Waals surface area contributed by atoms with E-state index >= 15 is 0 Å². The normalized spacial score (nSPS) is 15.9. The van der Waals surface area contributed by atoms with Gasteiger partial charge in [-0.15, -0.1) is 0 Å². The minimum absolute atomic E-state index is 0.0158. The SMILES string of the molecule is CSC(CO)C(C)NC(=O)c1ccc2c(c1)OCO2. The van der Waals surface area contributed by atoms with Crippen LogP contribution in [0.15, 0.2) is 18.2 Å². The maximum absolute atomic E-state index is 12.1. The average molecular weight is 283 g/mol. The second-order valence-electron chi connectivity index (χ2n) is 4.29. The molecule has 2 atom stereocenters. The first-order valence-corrected chi connectivity index (χ1v) is 7.28. The molecule has 0 fully saturated rings. The lowest BCUT2D eigenvalue weighted by molar-refractivity contribution is 0.0935. The van der Waals surface area contributed by atoms with Crippen molar-refractivity contribution in [3.63, 3.8) is 0 Å². The second kappa shape index (κ2) is 6.16. The number of hydrogen-bond acceptors (Lipinski definition) is 5. The molecule has 1 aromatic rings. The van der Waals surface area contributed by atoms with Gasteiger partial charge in [-0.2, -0.15) is 11.8 Å². The lowest BCUT2D eigenvalue weighted by Gasteiger charge is -2.21. The summed E-state index contributed by atoms with van der Waals surface area (Å²) in [5.41, 5.74) is 0.522. The van der Waals surface area contributed by atoms with E-state index in [0.29, 0.717) is 17.1 Å². The van der Waals surface area contributed by atoms with E-state index in [9.17, 15) is 9.90 Å². The molecule has 2 N–H and O–H groups in total. The molecule has 1 heterocycles. The van der Waals surface area contributed by atoms with Gasteiger partial charge in [0.1, 0.15) is 0 Å². The van der Waals surface area contributed by atoms with Gasteiger partial charge in [0.2, 0.25) is 6.79 Å². The summed E-state index contributed by atoms with van der Waals surface area (Å²) in [6, 6.07) is 4.97. The van der Waals surface area contributed by atoms with E-state index in [1.54, 1.807) is 18.2 Å². The summed E-state index contributed by atoms with van der Waals surface area (Å²) in [5.74, 6) is 1.06. The Kier molecular flexibility index (Phi) is 4.55. The summed E-state index contributed by atoms with van der Waals surface area (Å²) < 4.78 is 10.4. The summed E-state index contributed by atoms with van der Waals surface area (Å²) in [7, 11) is 0. The first-order valence-electron chi connectivity index (χ1n) is 6.00. The van der Waals surface area contributed by atoms with Gasteiger partial charge in [0, 0.05) is 16.9 Å². The number of hydrogen-bond donors (Lipinski definition) is 2. The molecule has 0 saturated carbocycles. The zero-order valence-electron chi connectivity index (χ0n) is 10.9. The summed E-state index contributed by atoms with van der Waals surface area (Å²) in [5, 5.41) is 12.1. The van der Waals surface area contributed by atoms with Crippen LogP contribution in [-0.4, -0.2) is 42.0 Å². The lowest BCUT2D eigenvalue weighted by atomic mass is 10.1. The number of fused-ring (bicyclic) bond motifs is 1. The minimum atomic E-state index is -0.182. The van der Waals surface area contributed by atoms with Gasteiger partial charge in [-0.25, -0.2) is 0 Å². The van der Waals surface area contributed by atoms with Gasteiger partial charge in [-0.3, -0.25) is 4.79 Å². The molecule has 1 aromatic carbocycles. The highest BCUT2D eigenvalue weighted by Gasteiger charge is 2.20. The molecule has 1 aliphatic rings. The average Bonchev–Trinajstić information content (AvgIpc) is 2.87. The maximum atomic E-state index is 12.1. The van der Waals surface area contributed by atoms with Crippen molar-refractivity contribution in [3.05, 3.63) is 23.8 Å². The Morgan fingerprint density at radius 2 is 2.21 bits per heavy atom. The van der Waals surface area contributed by atoms with Crippen LogP contribution in [0.3, 0.4) is 0 Å². The molecule has 0 aliphatic carbocycles. The van der Waals surface area contributed by atoms with Crippen molar-refractivity contribution in [2.75, 3.05) is 19.7 Å². The summed E-state index contributed by atoms with van der Waals surface area (Å²) in [6.45, 7) is 2.10. The van der Waals surface area contributed by atoms with Gasteiger partial charge in [-0.05, 0) is 31.4 Å². The van der Waals surface area contributed by atoms with Crippen molar-refractivity contribution >= 4 is 17.7 Å². The van der Waals surface area contributed by atoms with Gasteiger partial charge in [0.05, 0.1) is 6.61 Å². The van der Waals surface area contributed by atoms with Crippen molar-refractivity contribution in [1.82, 2.24) is 5.32 Å². The van der Waals surface area contributed by atoms with E-state index < -0.39 is 0 Å². The number of carbonyl (C=O) groups is 1. The molecule has 0 bridgehead atoms. The molecule has 19 heavy (non-hydrogen) atoms. The molecule has 0 radical (unpaired) electrons. The number of benzene rings is 1. The summed E-state index contributed by atoms with van der Waals surface area (Å²) in [6.07, 6.45) is 1.91. The maximum Gasteiger partial charge on any atom is 0.251 e. The summed E-state index contributed by atoms with van der Waals surface area (Å²) >= 11 is 1.53. The number of amides is 1. The Morgan fingerprint density at radius 1 is 1.47 bits per heavy atom. The highest BCUT2D eigenvalue weighted by Crippen LogP contribution is 2.32. The van der Waals surface area contributed by atoms with Crippen LogP contribution in [0.1, 0.15) is 17.3 Å². The molecular weight excluding hydrogens is 266 g/mol.